The fourth-order valence-electron chi connectivity index (χ4n) is 9.20. The van der Waals surface area contributed by atoms with E-state index in [9.17, 15) is 0 Å². The number of hydrogen-bond acceptors (Lipinski definition) is 8. The third kappa shape index (κ3) is 21.9. The first-order valence-electron chi connectivity index (χ1n) is 28.3. The van der Waals surface area contributed by atoms with Crippen LogP contribution in [0, 0.1) is 0 Å². The van der Waals surface area contributed by atoms with E-state index in [0.29, 0.717) is 13.4 Å². The van der Waals surface area contributed by atoms with Gasteiger partial charge in [0, 0.05) is 107 Å². The van der Waals surface area contributed by atoms with Gasteiger partial charge >= 0.3 is 7.69 Å². The summed E-state index contributed by atoms with van der Waals surface area (Å²) in [6.07, 6.45) is 20.3. The Labute approximate surface area is 499 Å². The lowest BCUT2D eigenvalue weighted by Crippen LogP contribution is -2.14. The molecule has 5 aromatic heterocycles. The van der Waals surface area contributed by atoms with E-state index in [1.54, 1.807) is 6.20 Å². The van der Waals surface area contributed by atoms with Gasteiger partial charge < -0.3 is 42.8 Å². The summed E-state index contributed by atoms with van der Waals surface area (Å²) in [7, 11) is 13.4. The van der Waals surface area contributed by atoms with Crippen LogP contribution < -0.4 is 4.65 Å². The number of nitrogens with zero attached hydrogens (tertiary/aromatic N) is 10. The van der Waals surface area contributed by atoms with Crippen LogP contribution in [0.4, 0.5) is 0 Å². The van der Waals surface area contributed by atoms with E-state index < -0.39 is 0 Å². The van der Waals surface area contributed by atoms with E-state index in [2.05, 4.69) is 229 Å². The fraction of sp³-hybridized carbons (Fsp3) is 0.354. The molecule has 16 heteroatoms. The van der Waals surface area contributed by atoms with Gasteiger partial charge in [-0.15, -0.1) is 0 Å². The van der Waals surface area contributed by atoms with E-state index in [-0.39, 0.29) is 0 Å². The highest BCUT2D eigenvalue weighted by atomic mass is 79.9. The van der Waals surface area contributed by atoms with Crippen molar-refractivity contribution < 1.29 is 14.4 Å². The lowest BCUT2D eigenvalue weighted by Gasteiger charge is -2.10. The van der Waals surface area contributed by atoms with Crippen molar-refractivity contribution in [2.75, 3.05) is 75.1 Å². The Hall–Kier alpha value is -6.24. The molecule has 81 heavy (non-hydrogen) atoms. The summed E-state index contributed by atoms with van der Waals surface area (Å²) in [5.41, 5.74) is 8.71. The Morgan fingerprint density at radius 1 is 0.519 bits per heavy atom. The summed E-state index contributed by atoms with van der Waals surface area (Å²) >= 11 is 6.86. The van der Waals surface area contributed by atoms with Gasteiger partial charge in [-0.25, -0.2) is 0 Å². The van der Waals surface area contributed by atoms with Crippen molar-refractivity contribution in [2.24, 2.45) is 0 Å². The molecular formula is C65H84BBr2N10O3. The molecule has 6 heterocycles. The quantitative estimate of drug-likeness (QED) is 0.0800. The molecule has 5 aromatic carbocycles. The molecule has 0 unspecified atom stereocenters. The maximum absolute atomic E-state index is 8.61. The molecule has 13 nitrogen and oxygen atoms in total. The zero-order chi connectivity index (χ0) is 57.8. The van der Waals surface area contributed by atoms with Crippen LogP contribution >= 0.6 is 31.9 Å². The minimum atomic E-state index is 0.649. The van der Waals surface area contributed by atoms with E-state index in [1.807, 2.05) is 78.1 Å². The molecular weight excluding hydrogens is 1140 g/mol. The molecule has 11 rings (SSSR count). The molecule has 0 spiro atoms. The molecule has 1 saturated heterocycles. The maximum Gasteiger partial charge on any atom is 0.569 e. The van der Waals surface area contributed by atoms with Crippen LogP contribution in [0.5, 0.6) is 5.75 Å². The van der Waals surface area contributed by atoms with Crippen molar-refractivity contribution in [3.8, 4) is 16.9 Å². The summed E-state index contributed by atoms with van der Waals surface area (Å²) < 4.78 is 22.9. The van der Waals surface area contributed by atoms with Crippen LogP contribution in [0.15, 0.2) is 186 Å². The normalized spacial score (nSPS) is 11.8. The number of benzene rings is 5. The van der Waals surface area contributed by atoms with Gasteiger partial charge in [0.05, 0.1) is 30.0 Å². The predicted molar refractivity (Wildman–Crippen MR) is 345 cm³/mol. The zero-order valence-corrected chi connectivity index (χ0v) is 52.1. The van der Waals surface area contributed by atoms with Gasteiger partial charge in [0.2, 0.25) is 0 Å². The molecule has 0 aliphatic carbocycles. The average Bonchev–Trinajstić information content (AvgIpc) is 4.56. The van der Waals surface area contributed by atoms with Gasteiger partial charge in [-0.05, 0) is 193 Å². The van der Waals surface area contributed by atoms with E-state index in [1.165, 1.54) is 63.3 Å². The van der Waals surface area contributed by atoms with Crippen LogP contribution in [0.1, 0.15) is 57.1 Å². The first-order chi connectivity index (χ1) is 39.4. The van der Waals surface area contributed by atoms with Gasteiger partial charge in [-0.1, -0.05) is 96.5 Å². The number of ether oxygens (including phenoxy) is 1. The highest BCUT2D eigenvalue weighted by Crippen LogP contribution is 2.26. The molecule has 1 N–H and O–H groups in total. The van der Waals surface area contributed by atoms with Crippen molar-refractivity contribution in [1.82, 2.24) is 48.0 Å². The van der Waals surface area contributed by atoms with Crippen LogP contribution in [-0.4, -0.2) is 136 Å². The molecule has 1 radical (unpaired) electrons. The third-order valence-electron chi connectivity index (χ3n) is 13.2. The van der Waals surface area contributed by atoms with Gasteiger partial charge in [-0.2, -0.15) is 10.2 Å². The van der Waals surface area contributed by atoms with Gasteiger partial charge in [-0.3, -0.25) is 9.36 Å². The molecule has 1 fully saturated rings. The Morgan fingerprint density at radius 2 is 0.975 bits per heavy atom. The molecule has 1 aliphatic heterocycles. The highest BCUT2D eigenvalue weighted by Gasteiger charge is 2.08. The molecule has 0 bridgehead atoms. The van der Waals surface area contributed by atoms with Crippen molar-refractivity contribution >= 4 is 72.3 Å². The Bertz CT molecular complexity index is 3300. The van der Waals surface area contributed by atoms with E-state index >= 15 is 0 Å². The SMILES string of the molecule is Brc1cnn(Cc2ccccc2)c1.C1CCOC1.CC.CN(C)CCCn1ccc2cc(-c3cnn(Cc4ccccc4)c3)ccc21.CN(C)CCCn1ccc2cc(Br)ccc21.CN(C)CCCn1ccc2cc(O[B]O)ccc21. The van der Waals surface area contributed by atoms with E-state index in [0.717, 1.165) is 98.3 Å². The summed E-state index contributed by atoms with van der Waals surface area (Å²) in [6.45, 7) is 14.1. The summed E-state index contributed by atoms with van der Waals surface area (Å²) in [5.74, 6) is 0.649. The van der Waals surface area contributed by atoms with Gasteiger partial charge in [0.1, 0.15) is 5.75 Å². The first kappa shape index (κ1) is 63.9. The van der Waals surface area contributed by atoms with Crippen molar-refractivity contribution in [3.05, 3.63) is 197 Å². The second-order valence-corrected chi connectivity index (χ2v) is 22.3. The first-order valence-corrected chi connectivity index (χ1v) is 29.8. The maximum atomic E-state index is 8.61. The van der Waals surface area contributed by atoms with Crippen molar-refractivity contribution in [3.63, 3.8) is 0 Å². The second kappa shape index (κ2) is 34.9. The zero-order valence-electron chi connectivity index (χ0n) is 48.9. The monoisotopic (exact) mass is 1220 g/mol. The topological polar surface area (TPSA) is 98.8 Å². The molecule has 0 amide bonds. The lowest BCUT2D eigenvalue weighted by atomic mass is 10.1. The van der Waals surface area contributed by atoms with Crippen LogP contribution in [0.3, 0.4) is 0 Å². The number of fused-ring (bicyclic) bond motifs is 3. The smallest absolute Gasteiger partial charge is 0.537 e. The summed E-state index contributed by atoms with van der Waals surface area (Å²) in [4.78, 5) is 6.65. The number of halogens is 2. The number of rotatable bonds is 19. The average molecular weight is 1220 g/mol. The van der Waals surface area contributed by atoms with Crippen molar-refractivity contribution in [2.45, 2.75) is 78.7 Å². The Kier molecular flexibility index (Phi) is 27.6. The third-order valence-corrected chi connectivity index (χ3v) is 14.1. The Morgan fingerprint density at radius 3 is 1.43 bits per heavy atom. The summed E-state index contributed by atoms with van der Waals surface area (Å²) in [5, 5.41) is 21.0. The van der Waals surface area contributed by atoms with Crippen LogP contribution in [0.25, 0.3) is 43.8 Å². The van der Waals surface area contributed by atoms with Gasteiger partial charge in [0.15, 0.2) is 0 Å². The second-order valence-electron chi connectivity index (χ2n) is 20.5. The largest absolute Gasteiger partial charge is 0.569 e. The fourth-order valence-corrected chi connectivity index (χ4v) is 9.90. The summed E-state index contributed by atoms with van der Waals surface area (Å²) in [6, 6.07) is 46.1. The molecule has 0 atom stereocenters. The van der Waals surface area contributed by atoms with Crippen molar-refractivity contribution in [1.29, 1.82) is 0 Å². The molecule has 0 saturated carbocycles. The Balaban J connectivity index is 0.000000172. The highest BCUT2D eigenvalue weighted by molar-refractivity contribution is 9.10. The number of aryl methyl sites for hydroxylation is 3. The van der Waals surface area contributed by atoms with Gasteiger partial charge in [0.25, 0.3) is 0 Å². The molecule has 429 valence electrons. The minimum absolute atomic E-state index is 0.649. The minimum Gasteiger partial charge on any atom is -0.537 e. The van der Waals surface area contributed by atoms with E-state index in [4.69, 9.17) is 14.4 Å². The molecule has 1 aliphatic rings. The molecule has 10 aromatic rings. The standard InChI is InChI=1S/C23H26N4.C13H18BN2O2.C13H17BrN2.C10H9BrN2.C4H8O.C2H6/c1-25(2)12-6-13-26-14-11-21-15-20(9-10-23(21)26)22-16-24-27(18-22)17-19-7-4-3-5-8-19;1-15(2)7-3-8-16-9-6-11-10-12(18-14-17)4-5-13(11)16;1-15(2)7-3-8-16-9-6-11-10-12(14)4-5-13(11)16;11-10-6-12-13(8-10)7-9-4-2-1-3-5-9;1-2-4-5-3-1;1-2/h3-5,7-11,14-16,18H,6,12-13,17H2,1-2H3;4-6,9-10,17H,3,7-8H2,1-2H3;4-6,9-10H,3,7-8H2,1-2H3;1-6,8H,7H2;1-4H2;1-2H3. The van der Waals surface area contributed by atoms with Crippen LogP contribution in [-0.2, 0) is 37.5 Å². The van der Waals surface area contributed by atoms with Crippen LogP contribution in [0.2, 0.25) is 0 Å². The number of hydrogen-bond donors (Lipinski definition) is 1. The predicted octanol–water partition coefficient (Wildman–Crippen LogP) is 13.9. The lowest BCUT2D eigenvalue weighted by molar-refractivity contribution is 0.198. The number of aromatic nitrogens is 7.